The second kappa shape index (κ2) is 4.73. The molecule has 3 N–H and O–H groups in total. The molecule has 0 aromatic heterocycles. The first-order valence-electron chi connectivity index (χ1n) is 3.46. The lowest BCUT2D eigenvalue weighted by atomic mass is 10.1. The SMILES string of the molecule is N[C@@H](CO)c1cc(I)ccc1I. The first-order chi connectivity index (χ1) is 5.65. The molecule has 0 amide bonds. The minimum atomic E-state index is -0.258. The molecule has 4 heteroatoms. The predicted octanol–water partition coefficient (Wildman–Crippen LogP) is 1.89. The van der Waals surface area contributed by atoms with E-state index in [1.807, 2.05) is 18.2 Å². The zero-order valence-corrected chi connectivity index (χ0v) is 10.6. The van der Waals surface area contributed by atoms with Crippen LogP contribution < -0.4 is 5.73 Å². The fourth-order valence-electron chi connectivity index (χ4n) is 0.897. The Hall–Kier alpha value is 0.600. The van der Waals surface area contributed by atoms with Gasteiger partial charge in [0.25, 0.3) is 0 Å². The summed E-state index contributed by atoms with van der Waals surface area (Å²) in [7, 11) is 0. The molecule has 0 radical (unpaired) electrons. The van der Waals surface area contributed by atoms with Crippen LogP contribution in [0, 0.1) is 7.14 Å². The number of hydrogen-bond donors (Lipinski definition) is 2. The van der Waals surface area contributed by atoms with Crippen LogP contribution in [0.1, 0.15) is 11.6 Å². The van der Waals surface area contributed by atoms with Crippen molar-refractivity contribution in [1.82, 2.24) is 0 Å². The maximum Gasteiger partial charge on any atom is 0.0624 e. The summed E-state index contributed by atoms with van der Waals surface area (Å²) in [6.45, 7) is -0.00387. The lowest BCUT2D eigenvalue weighted by molar-refractivity contribution is 0.267. The van der Waals surface area contributed by atoms with Crippen LogP contribution in [0.25, 0.3) is 0 Å². The van der Waals surface area contributed by atoms with Crippen molar-refractivity contribution in [1.29, 1.82) is 0 Å². The topological polar surface area (TPSA) is 46.2 Å². The normalized spacial score (nSPS) is 13.0. The standard InChI is InChI=1S/C8H9I2NO/c9-5-1-2-7(10)6(3-5)8(11)4-12/h1-3,8,12H,4,11H2/t8-/m0/s1. The van der Waals surface area contributed by atoms with E-state index < -0.39 is 0 Å². The van der Waals surface area contributed by atoms with Gasteiger partial charge >= 0.3 is 0 Å². The fourth-order valence-corrected chi connectivity index (χ4v) is 2.15. The van der Waals surface area contributed by atoms with Gasteiger partial charge in [-0.1, -0.05) is 0 Å². The zero-order chi connectivity index (χ0) is 9.14. The first-order valence-corrected chi connectivity index (χ1v) is 5.62. The smallest absolute Gasteiger partial charge is 0.0624 e. The van der Waals surface area contributed by atoms with Crippen molar-refractivity contribution in [3.8, 4) is 0 Å². The van der Waals surface area contributed by atoms with Gasteiger partial charge in [-0.3, -0.25) is 0 Å². The molecule has 0 spiro atoms. The summed E-state index contributed by atoms with van der Waals surface area (Å²) in [5.74, 6) is 0. The molecule has 0 aliphatic heterocycles. The quantitative estimate of drug-likeness (QED) is 0.760. The van der Waals surface area contributed by atoms with E-state index in [0.717, 1.165) is 12.7 Å². The monoisotopic (exact) mass is 389 g/mol. The lowest BCUT2D eigenvalue weighted by Gasteiger charge is -2.10. The molecule has 0 unspecified atom stereocenters. The number of aliphatic hydroxyl groups is 1. The van der Waals surface area contributed by atoms with Gasteiger partial charge < -0.3 is 10.8 Å². The summed E-state index contributed by atoms with van der Waals surface area (Å²) in [5, 5.41) is 8.87. The maximum atomic E-state index is 8.87. The largest absolute Gasteiger partial charge is 0.394 e. The van der Waals surface area contributed by atoms with Crippen molar-refractivity contribution in [3.63, 3.8) is 0 Å². The van der Waals surface area contributed by atoms with E-state index in [9.17, 15) is 0 Å². The second-order valence-electron chi connectivity index (χ2n) is 2.45. The van der Waals surface area contributed by atoms with Crippen molar-refractivity contribution in [3.05, 3.63) is 30.9 Å². The summed E-state index contributed by atoms with van der Waals surface area (Å²) in [5.41, 5.74) is 6.72. The van der Waals surface area contributed by atoms with Gasteiger partial charge in [-0.2, -0.15) is 0 Å². The van der Waals surface area contributed by atoms with Crippen molar-refractivity contribution >= 4 is 45.2 Å². The van der Waals surface area contributed by atoms with Crippen LogP contribution in [0.2, 0.25) is 0 Å². The summed E-state index contributed by atoms with van der Waals surface area (Å²) < 4.78 is 2.25. The number of benzene rings is 1. The summed E-state index contributed by atoms with van der Waals surface area (Å²) >= 11 is 4.45. The highest BCUT2D eigenvalue weighted by Gasteiger charge is 2.08. The van der Waals surface area contributed by atoms with E-state index in [0.29, 0.717) is 0 Å². The third kappa shape index (κ3) is 2.54. The van der Waals surface area contributed by atoms with Gasteiger partial charge in [0.1, 0.15) is 0 Å². The number of nitrogens with two attached hydrogens (primary N) is 1. The summed E-state index contributed by atoms with van der Waals surface area (Å²) in [6.07, 6.45) is 0. The molecule has 0 bridgehead atoms. The minimum Gasteiger partial charge on any atom is -0.394 e. The zero-order valence-electron chi connectivity index (χ0n) is 6.30. The van der Waals surface area contributed by atoms with Gasteiger partial charge in [-0.05, 0) is 68.9 Å². The van der Waals surface area contributed by atoms with Gasteiger partial charge in [-0.25, -0.2) is 0 Å². The van der Waals surface area contributed by atoms with Gasteiger partial charge in [0, 0.05) is 7.14 Å². The van der Waals surface area contributed by atoms with Crippen LogP contribution in [-0.4, -0.2) is 11.7 Å². The average molecular weight is 389 g/mol. The predicted molar refractivity (Wildman–Crippen MR) is 65.9 cm³/mol. The Labute approximate surface area is 98.8 Å². The molecular formula is C8H9I2NO. The van der Waals surface area contributed by atoms with Crippen molar-refractivity contribution in [2.75, 3.05) is 6.61 Å². The van der Waals surface area contributed by atoms with E-state index in [-0.39, 0.29) is 12.6 Å². The molecule has 0 aliphatic carbocycles. The fraction of sp³-hybridized carbons (Fsp3) is 0.250. The number of rotatable bonds is 2. The summed E-state index contributed by atoms with van der Waals surface area (Å²) in [6, 6.07) is 5.78. The van der Waals surface area contributed by atoms with Gasteiger partial charge in [0.15, 0.2) is 0 Å². The van der Waals surface area contributed by atoms with Gasteiger partial charge in [0.2, 0.25) is 0 Å². The van der Waals surface area contributed by atoms with Crippen LogP contribution in [0.3, 0.4) is 0 Å². The van der Waals surface area contributed by atoms with Crippen molar-refractivity contribution in [2.45, 2.75) is 6.04 Å². The highest BCUT2D eigenvalue weighted by Crippen LogP contribution is 2.20. The second-order valence-corrected chi connectivity index (χ2v) is 4.86. The molecular weight excluding hydrogens is 380 g/mol. The molecule has 1 aromatic rings. The molecule has 1 aromatic carbocycles. The Morgan fingerprint density at radius 3 is 2.67 bits per heavy atom. The van der Waals surface area contributed by atoms with E-state index in [1.165, 1.54) is 0 Å². The van der Waals surface area contributed by atoms with Crippen LogP contribution >= 0.6 is 45.2 Å². The molecule has 1 atom stereocenters. The number of hydrogen-bond acceptors (Lipinski definition) is 2. The van der Waals surface area contributed by atoms with Crippen LogP contribution in [-0.2, 0) is 0 Å². The number of aliphatic hydroxyl groups excluding tert-OH is 1. The summed E-state index contributed by atoms with van der Waals surface area (Å²) in [4.78, 5) is 0. The van der Waals surface area contributed by atoms with E-state index in [2.05, 4.69) is 45.2 Å². The Kier molecular flexibility index (Phi) is 4.21. The molecule has 0 saturated carbocycles. The van der Waals surface area contributed by atoms with E-state index in [1.54, 1.807) is 0 Å². The van der Waals surface area contributed by atoms with Crippen LogP contribution in [0.4, 0.5) is 0 Å². The highest BCUT2D eigenvalue weighted by molar-refractivity contribution is 14.1. The maximum absolute atomic E-state index is 8.87. The van der Waals surface area contributed by atoms with Crippen molar-refractivity contribution < 1.29 is 5.11 Å². The molecule has 2 nitrogen and oxygen atoms in total. The average Bonchev–Trinajstić information content (AvgIpc) is 2.08. The van der Waals surface area contributed by atoms with Gasteiger partial charge in [0.05, 0.1) is 12.6 Å². The van der Waals surface area contributed by atoms with Crippen LogP contribution in [0.5, 0.6) is 0 Å². The molecule has 0 fully saturated rings. The molecule has 66 valence electrons. The Balaban J connectivity index is 3.04. The lowest BCUT2D eigenvalue weighted by Crippen LogP contribution is -2.15. The Bertz CT molecular complexity index is 278. The van der Waals surface area contributed by atoms with Crippen molar-refractivity contribution in [2.24, 2.45) is 5.73 Å². The van der Waals surface area contributed by atoms with Crippen LogP contribution in [0.15, 0.2) is 18.2 Å². The third-order valence-electron chi connectivity index (χ3n) is 1.55. The molecule has 0 heterocycles. The van der Waals surface area contributed by atoms with E-state index >= 15 is 0 Å². The molecule has 0 aliphatic rings. The molecule has 12 heavy (non-hydrogen) atoms. The minimum absolute atomic E-state index is 0.00387. The van der Waals surface area contributed by atoms with Gasteiger partial charge in [-0.15, -0.1) is 0 Å². The Morgan fingerprint density at radius 2 is 2.08 bits per heavy atom. The first kappa shape index (κ1) is 10.7. The van der Waals surface area contributed by atoms with E-state index in [4.69, 9.17) is 10.8 Å². The highest BCUT2D eigenvalue weighted by atomic mass is 127. The third-order valence-corrected chi connectivity index (χ3v) is 3.21. The Morgan fingerprint density at radius 1 is 1.42 bits per heavy atom. The number of halogens is 2. The molecule has 1 rings (SSSR count). The molecule has 0 saturated heterocycles.